The molecular formula is C18H24F3N3O. The van der Waals surface area contributed by atoms with E-state index < -0.39 is 11.9 Å². The Balaban J connectivity index is 1.48. The quantitative estimate of drug-likeness (QED) is 0.886. The summed E-state index contributed by atoms with van der Waals surface area (Å²) in [4.78, 5) is 8.18. The number of alkyl halides is 3. The molecule has 0 radical (unpaired) electrons. The van der Waals surface area contributed by atoms with E-state index >= 15 is 0 Å². The average Bonchev–Trinajstić information content (AvgIpc) is 3.22. The molecule has 3 aliphatic rings. The third-order valence-electron chi connectivity index (χ3n) is 6.07. The topological polar surface area (TPSA) is 39.6 Å². The predicted octanol–water partition coefficient (Wildman–Crippen LogP) is 2.77. The fourth-order valence-electron chi connectivity index (χ4n) is 4.82. The number of nitrogens with zero attached hydrogens (tertiary/aromatic N) is 3. The Bertz CT molecular complexity index is 618. The van der Waals surface area contributed by atoms with Gasteiger partial charge in [0, 0.05) is 19.1 Å². The van der Waals surface area contributed by atoms with Crippen molar-refractivity contribution in [3.8, 4) is 0 Å². The third-order valence-corrected chi connectivity index (χ3v) is 6.07. The van der Waals surface area contributed by atoms with Crippen LogP contribution in [0.4, 0.5) is 19.0 Å². The minimum absolute atomic E-state index is 0.207. The molecule has 3 fully saturated rings. The maximum Gasteiger partial charge on any atom is 0.433 e. The van der Waals surface area contributed by atoms with Gasteiger partial charge in [-0.3, -0.25) is 4.90 Å². The Morgan fingerprint density at radius 1 is 1.04 bits per heavy atom. The molecule has 138 valence electrons. The van der Waals surface area contributed by atoms with E-state index in [1.165, 1.54) is 18.9 Å². The number of likely N-dealkylation sites (tertiary alicyclic amines) is 1. The summed E-state index contributed by atoms with van der Waals surface area (Å²) in [5, 5.41) is 10.6. The second-order valence-corrected chi connectivity index (χ2v) is 7.65. The molecule has 1 aromatic heterocycles. The normalized spacial score (nSPS) is 33.7. The smallest absolute Gasteiger partial charge is 0.391 e. The van der Waals surface area contributed by atoms with Gasteiger partial charge in [-0.25, -0.2) is 4.98 Å². The molecule has 0 amide bonds. The SMILES string of the molecule is O[C@@H]1C[C@H]2CN(c3cccc(C(F)(F)F)n3)C[C@H]2C[C@H]1N1CCCC1. The molecule has 25 heavy (non-hydrogen) atoms. The molecule has 0 bridgehead atoms. The van der Waals surface area contributed by atoms with Crippen molar-refractivity contribution in [2.75, 3.05) is 31.1 Å². The first-order chi connectivity index (χ1) is 11.9. The van der Waals surface area contributed by atoms with E-state index in [1.54, 1.807) is 6.07 Å². The van der Waals surface area contributed by atoms with Crippen molar-refractivity contribution < 1.29 is 18.3 Å². The van der Waals surface area contributed by atoms with E-state index in [0.29, 0.717) is 24.2 Å². The molecular weight excluding hydrogens is 331 g/mol. The van der Waals surface area contributed by atoms with Crippen LogP contribution in [0.1, 0.15) is 31.4 Å². The maximum absolute atomic E-state index is 12.9. The van der Waals surface area contributed by atoms with Crippen LogP contribution in [-0.2, 0) is 6.18 Å². The number of pyridine rings is 1. The minimum Gasteiger partial charge on any atom is -0.391 e. The highest BCUT2D eigenvalue weighted by Gasteiger charge is 2.44. The third kappa shape index (κ3) is 3.36. The Labute approximate surface area is 145 Å². The van der Waals surface area contributed by atoms with Crippen LogP contribution in [0.5, 0.6) is 0 Å². The highest BCUT2D eigenvalue weighted by Crippen LogP contribution is 2.40. The lowest BCUT2D eigenvalue weighted by Crippen LogP contribution is -2.48. The van der Waals surface area contributed by atoms with Gasteiger partial charge in [0.15, 0.2) is 0 Å². The molecule has 4 atom stereocenters. The number of hydrogen-bond acceptors (Lipinski definition) is 4. The van der Waals surface area contributed by atoms with E-state index in [4.69, 9.17) is 0 Å². The predicted molar refractivity (Wildman–Crippen MR) is 88.3 cm³/mol. The number of fused-ring (bicyclic) bond motifs is 1. The van der Waals surface area contributed by atoms with Gasteiger partial charge in [0.05, 0.1) is 6.10 Å². The molecule has 0 spiro atoms. The molecule has 1 aliphatic carbocycles. The van der Waals surface area contributed by atoms with Crippen molar-refractivity contribution in [2.45, 2.75) is 44.0 Å². The number of aliphatic hydroxyl groups is 1. The first-order valence-electron chi connectivity index (χ1n) is 9.13. The van der Waals surface area contributed by atoms with Gasteiger partial charge in [-0.1, -0.05) is 6.07 Å². The summed E-state index contributed by atoms with van der Waals surface area (Å²) in [6, 6.07) is 4.30. The number of hydrogen-bond donors (Lipinski definition) is 1. The fourth-order valence-corrected chi connectivity index (χ4v) is 4.82. The van der Waals surface area contributed by atoms with Crippen LogP contribution in [0, 0.1) is 11.8 Å². The summed E-state index contributed by atoms with van der Waals surface area (Å²) in [6.07, 6.45) is -0.689. The van der Waals surface area contributed by atoms with Gasteiger partial charge in [-0.05, 0) is 62.7 Å². The van der Waals surface area contributed by atoms with Gasteiger partial charge in [0.1, 0.15) is 11.5 Å². The Kier molecular flexibility index (Phi) is 4.40. The Hall–Kier alpha value is -1.34. The van der Waals surface area contributed by atoms with Crippen molar-refractivity contribution in [2.24, 2.45) is 11.8 Å². The van der Waals surface area contributed by atoms with E-state index in [1.807, 2.05) is 4.90 Å². The molecule has 0 unspecified atom stereocenters. The lowest BCUT2D eigenvalue weighted by Gasteiger charge is -2.40. The van der Waals surface area contributed by atoms with Gasteiger partial charge in [0.2, 0.25) is 0 Å². The van der Waals surface area contributed by atoms with E-state index in [0.717, 1.165) is 38.5 Å². The van der Waals surface area contributed by atoms with Gasteiger partial charge < -0.3 is 10.0 Å². The zero-order chi connectivity index (χ0) is 17.6. The van der Waals surface area contributed by atoms with Gasteiger partial charge in [-0.2, -0.15) is 13.2 Å². The number of aliphatic hydroxyl groups excluding tert-OH is 1. The van der Waals surface area contributed by atoms with Crippen LogP contribution in [0.15, 0.2) is 18.2 Å². The first kappa shape index (κ1) is 17.1. The number of rotatable bonds is 2. The van der Waals surface area contributed by atoms with E-state index in [9.17, 15) is 18.3 Å². The van der Waals surface area contributed by atoms with Crippen LogP contribution in [0.25, 0.3) is 0 Å². The molecule has 4 rings (SSSR count). The van der Waals surface area contributed by atoms with Crippen LogP contribution in [-0.4, -0.2) is 53.3 Å². The van der Waals surface area contributed by atoms with E-state index in [2.05, 4.69) is 9.88 Å². The lowest BCUT2D eigenvalue weighted by atomic mass is 9.77. The molecule has 3 heterocycles. The minimum atomic E-state index is -4.42. The second kappa shape index (κ2) is 6.43. The highest BCUT2D eigenvalue weighted by atomic mass is 19.4. The van der Waals surface area contributed by atoms with Crippen LogP contribution in [0.2, 0.25) is 0 Å². The van der Waals surface area contributed by atoms with Crippen LogP contribution in [0.3, 0.4) is 0 Å². The molecule has 2 saturated heterocycles. The van der Waals surface area contributed by atoms with Gasteiger partial charge in [0.25, 0.3) is 0 Å². The van der Waals surface area contributed by atoms with Crippen molar-refractivity contribution in [1.82, 2.24) is 9.88 Å². The van der Waals surface area contributed by atoms with E-state index in [-0.39, 0.29) is 12.1 Å². The zero-order valence-corrected chi connectivity index (χ0v) is 14.1. The first-order valence-corrected chi connectivity index (χ1v) is 9.13. The van der Waals surface area contributed by atoms with Crippen molar-refractivity contribution in [1.29, 1.82) is 0 Å². The summed E-state index contributed by atoms with van der Waals surface area (Å²) in [6.45, 7) is 3.52. The summed E-state index contributed by atoms with van der Waals surface area (Å²) in [7, 11) is 0. The largest absolute Gasteiger partial charge is 0.433 e. The molecule has 1 aromatic rings. The standard InChI is InChI=1S/C18H24F3N3O/c19-18(20,21)16-4-3-5-17(22-16)24-10-12-8-14(23-6-1-2-7-23)15(25)9-13(12)11-24/h3-5,12-15,25H,1-2,6-11H2/t12-,13+,14-,15-/m1/s1. The summed E-state index contributed by atoms with van der Waals surface area (Å²) in [5.41, 5.74) is -0.838. The molecule has 4 nitrogen and oxygen atoms in total. The number of aromatic nitrogens is 1. The number of halogens is 3. The Morgan fingerprint density at radius 2 is 1.72 bits per heavy atom. The molecule has 2 aliphatic heterocycles. The Morgan fingerprint density at radius 3 is 2.40 bits per heavy atom. The zero-order valence-electron chi connectivity index (χ0n) is 14.1. The summed E-state index contributed by atoms with van der Waals surface area (Å²) in [5.74, 6) is 1.16. The molecule has 0 aromatic carbocycles. The van der Waals surface area contributed by atoms with Crippen molar-refractivity contribution >= 4 is 5.82 Å². The van der Waals surface area contributed by atoms with Crippen LogP contribution >= 0.6 is 0 Å². The number of anilines is 1. The molecule has 7 heteroatoms. The van der Waals surface area contributed by atoms with Crippen LogP contribution < -0.4 is 4.90 Å². The summed E-state index contributed by atoms with van der Waals surface area (Å²) >= 11 is 0. The average molecular weight is 355 g/mol. The summed E-state index contributed by atoms with van der Waals surface area (Å²) < 4.78 is 38.7. The van der Waals surface area contributed by atoms with Gasteiger partial charge >= 0.3 is 6.18 Å². The maximum atomic E-state index is 12.9. The van der Waals surface area contributed by atoms with Crippen molar-refractivity contribution in [3.63, 3.8) is 0 Å². The fraction of sp³-hybridized carbons (Fsp3) is 0.722. The highest BCUT2D eigenvalue weighted by molar-refractivity contribution is 5.41. The van der Waals surface area contributed by atoms with Gasteiger partial charge in [-0.15, -0.1) is 0 Å². The van der Waals surface area contributed by atoms with Crippen molar-refractivity contribution in [3.05, 3.63) is 23.9 Å². The molecule has 1 saturated carbocycles. The monoisotopic (exact) mass is 355 g/mol. The molecule has 1 N–H and O–H groups in total. The lowest BCUT2D eigenvalue weighted by molar-refractivity contribution is -0.141. The second-order valence-electron chi connectivity index (χ2n) is 7.65.